The summed E-state index contributed by atoms with van der Waals surface area (Å²) in [5.74, 6) is 0. The molecule has 0 heterocycles. The van der Waals surface area contributed by atoms with E-state index >= 15 is 0 Å². The van der Waals surface area contributed by atoms with Crippen LogP contribution in [0.1, 0.15) is 12.8 Å². The first-order valence-corrected chi connectivity index (χ1v) is 3.68. The van der Waals surface area contributed by atoms with Gasteiger partial charge in [-0.2, -0.15) is 0 Å². The van der Waals surface area contributed by atoms with E-state index in [-0.39, 0.29) is 6.61 Å². The van der Waals surface area contributed by atoms with Crippen LogP contribution in [0.25, 0.3) is 0 Å². The highest BCUT2D eigenvalue weighted by Crippen LogP contribution is 1.91. The molecule has 1 radical (unpaired) electrons. The van der Waals surface area contributed by atoms with E-state index in [2.05, 4.69) is 11.5 Å². The van der Waals surface area contributed by atoms with Crippen LogP contribution in [0.4, 0.5) is 0 Å². The molecule has 0 spiro atoms. The Labute approximate surface area is 63.2 Å². The monoisotopic (exact) mass is 142 g/mol. The van der Waals surface area contributed by atoms with E-state index in [1.165, 1.54) is 0 Å². The maximum atomic E-state index is 10.0. The molecule has 0 saturated heterocycles. The minimum atomic E-state index is 0.0575. The molecule has 0 bridgehead atoms. The molecule has 0 fully saturated rings. The molecule has 0 aromatic carbocycles. The summed E-state index contributed by atoms with van der Waals surface area (Å²) in [4.78, 5) is 2.16. The molecule has 0 aromatic rings. The first kappa shape index (κ1) is 9.66. The maximum Gasteiger partial charge on any atom is 0.0822 e. The molecule has 0 N–H and O–H groups in total. The van der Waals surface area contributed by atoms with Gasteiger partial charge in [0.05, 0.1) is 6.61 Å². The standard InChI is InChI=1S/C8H16NO/c1-3-6-9(2)7-4-5-8-10/h3H,1,4-8H2,2H3. The van der Waals surface area contributed by atoms with E-state index in [4.69, 9.17) is 0 Å². The van der Waals surface area contributed by atoms with Crippen LogP contribution in [0, 0.1) is 0 Å². The van der Waals surface area contributed by atoms with Gasteiger partial charge in [-0.15, -0.1) is 6.58 Å². The van der Waals surface area contributed by atoms with Gasteiger partial charge in [0.2, 0.25) is 0 Å². The fraction of sp³-hybridized carbons (Fsp3) is 0.750. The zero-order chi connectivity index (χ0) is 7.82. The minimum Gasteiger partial charge on any atom is -0.303 e. The Hall–Kier alpha value is -0.340. The smallest absolute Gasteiger partial charge is 0.0822 e. The van der Waals surface area contributed by atoms with Gasteiger partial charge < -0.3 is 4.90 Å². The molecule has 59 valence electrons. The molecule has 0 atom stereocenters. The third-order valence-electron chi connectivity index (χ3n) is 1.37. The van der Waals surface area contributed by atoms with Crippen molar-refractivity contribution >= 4 is 0 Å². The summed E-state index contributed by atoms with van der Waals surface area (Å²) in [6.07, 6.45) is 3.67. The molecule has 10 heavy (non-hydrogen) atoms. The number of rotatable bonds is 6. The van der Waals surface area contributed by atoms with Crippen molar-refractivity contribution in [1.82, 2.24) is 4.90 Å². The van der Waals surface area contributed by atoms with E-state index in [1.807, 2.05) is 13.1 Å². The minimum absolute atomic E-state index is 0.0575. The van der Waals surface area contributed by atoms with Crippen molar-refractivity contribution in [3.8, 4) is 0 Å². The molecule has 0 aliphatic carbocycles. The summed E-state index contributed by atoms with van der Waals surface area (Å²) in [5, 5.41) is 10.0. The van der Waals surface area contributed by atoms with E-state index in [1.54, 1.807) is 0 Å². The lowest BCUT2D eigenvalue weighted by Gasteiger charge is -2.12. The first-order valence-electron chi connectivity index (χ1n) is 3.68. The lowest BCUT2D eigenvalue weighted by Crippen LogP contribution is -2.19. The van der Waals surface area contributed by atoms with Crippen molar-refractivity contribution in [2.24, 2.45) is 0 Å². The highest BCUT2D eigenvalue weighted by Gasteiger charge is 1.93. The highest BCUT2D eigenvalue weighted by atomic mass is 16.2. The Morgan fingerprint density at radius 1 is 1.50 bits per heavy atom. The fourth-order valence-electron chi connectivity index (χ4n) is 0.795. The van der Waals surface area contributed by atoms with Gasteiger partial charge in [0.1, 0.15) is 0 Å². The Balaban J connectivity index is 3.04. The molecule has 0 saturated carbocycles. The highest BCUT2D eigenvalue weighted by molar-refractivity contribution is 4.70. The fourth-order valence-corrected chi connectivity index (χ4v) is 0.795. The van der Waals surface area contributed by atoms with Crippen LogP contribution in [0.5, 0.6) is 0 Å². The third kappa shape index (κ3) is 5.79. The lowest BCUT2D eigenvalue weighted by molar-refractivity contribution is 0.182. The molecule has 0 aliphatic rings. The van der Waals surface area contributed by atoms with Crippen LogP contribution in [0.3, 0.4) is 0 Å². The van der Waals surface area contributed by atoms with Crippen LogP contribution in [0.2, 0.25) is 0 Å². The Morgan fingerprint density at radius 2 is 2.20 bits per heavy atom. The van der Waals surface area contributed by atoms with Crippen molar-refractivity contribution in [3.05, 3.63) is 12.7 Å². The molecule has 0 aliphatic heterocycles. The van der Waals surface area contributed by atoms with Crippen LogP contribution in [-0.4, -0.2) is 31.6 Å². The summed E-state index contributed by atoms with van der Waals surface area (Å²) in [6, 6.07) is 0. The van der Waals surface area contributed by atoms with Gasteiger partial charge in [0.25, 0.3) is 0 Å². The van der Waals surface area contributed by atoms with Crippen LogP contribution in [0.15, 0.2) is 12.7 Å². The molecular formula is C8H16NO. The van der Waals surface area contributed by atoms with E-state index in [0.29, 0.717) is 0 Å². The van der Waals surface area contributed by atoms with Crippen molar-refractivity contribution < 1.29 is 5.11 Å². The maximum absolute atomic E-state index is 10.0. The normalized spacial score (nSPS) is 10.3. The van der Waals surface area contributed by atoms with Gasteiger partial charge in [-0.05, 0) is 26.4 Å². The van der Waals surface area contributed by atoms with Crippen LogP contribution < -0.4 is 0 Å². The second kappa shape index (κ2) is 6.78. The van der Waals surface area contributed by atoms with Crippen molar-refractivity contribution in [2.45, 2.75) is 12.8 Å². The third-order valence-corrected chi connectivity index (χ3v) is 1.37. The van der Waals surface area contributed by atoms with Gasteiger partial charge in [0, 0.05) is 6.54 Å². The summed E-state index contributed by atoms with van der Waals surface area (Å²) in [7, 11) is 2.03. The van der Waals surface area contributed by atoms with Crippen LogP contribution >= 0.6 is 0 Å². The molecule has 0 amide bonds. The molecular weight excluding hydrogens is 126 g/mol. The second-order valence-electron chi connectivity index (χ2n) is 2.46. The molecule has 0 rings (SSSR count). The lowest BCUT2D eigenvalue weighted by atomic mass is 10.3. The zero-order valence-corrected chi connectivity index (χ0v) is 6.68. The Morgan fingerprint density at radius 3 is 2.70 bits per heavy atom. The molecule has 2 nitrogen and oxygen atoms in total. The molecule has 2 heteroatoms. The van der Waals surface area contributed by atoms with E-state index < -0.39 is 0 Å². The summed E-state index contributed by atoms with van der Waals surface area (Å²) in [5.41, 5.74) is 0. The predicted molar refractivity (Wildman–Crippen MR) is 42.5 cm³/mol. The average Bonchev–Trinajstić information content (AvgIpc) is 1.89. The van der Waals surface area contributed by atoms with Crippen LogP contribution in [-0.2, 0) is 5.11 Å². The predicted octanol–water partition coefficient (Wildman–Crippen LogP) is 1.31. The quantitative estimate of drug-likeness (QED) is 0.405. The average molecular weight is 142 g/mol. The molecule has 0 aromatic heterocycles. The van der Waals surface area contributed by atoms with Crippen molar-refractivity contribution in [2.75, 3.05) is 26.7 Å². The van der Waals surface area contributed by atoms with Gasteiger partial charge in [-0.3, -0.25) is 0 Å². The number of hydrogen-bond acceptors (Lipinski definition) is 1. The van der Waals surface area contributed by atoms with Gasteiger partial charge in [-0.1, -0.05) is 6.08 Å². The Bertz CT molecular complexity index is 83.3. The van der Waals surface area contributed by atoms with E-state index in [0.717, 1.165) is 25.9 Å². The van der Waals surface area contributed by atoms with Crippen molar-refractivity contribution in [1.29, 1.82) is 0 Å². The first-order chi connectivity index (χ1) is 4.81. The number of unbranched alkanes of at least 4 members (excludes halogenated alkanes) is 1. The second-order valence-corrected chi connectivity index (χ2v) is 2.46. The number of hydrogen-bond donors (Lipinski definition) is 0. The number of nitrogens with zero attached hydrogens (tertiary/aromatic N) is 1. The molecule has 0 unspecified atom stereocenters. The zero-order valence-electron chi connectivity index (χ0n) is 6.68. The van der Waals surface area contributed by atoms with Crippen molar-refractivity contribution in [3.63, 3.8) is 0 Å². The SMILES string of the molecule is C=CCN(C)CCCC[O]. The largest absolute Gasteiger partial charge is 0.303 e. The van der Waals surface area contributed by atoms with Gasteiger partial charge in [0.15, 0.2) is 0 Å². The number of likely N-dealkylation sites (N-methyl/N-ethyl adjacent to an activating group) is 1. The topological polar surface area (TPSA) is 23.1 Å². The summed E-state index contributed by atoms with van der Waals surface area (Å²) in [6.45, 7) is 5.61. The van der Waals surface area contributed by atoms with Gasteiger partial charge >= 0.3 is 0 Å². The van der Waals surface area contributed by atoms with E-state index in [9.17, 15) is 5.11 Å². The van der Waals surface area contributed by atoms with Gasteiger partial charge in [-0.25, -0.2) is 5.11 Å². The Kier molecular flexibility index (Phi) is 6.55. The summed E-state index contributed by atoms with van der Waals surface area (Å²) < 4.78 is 0. The summed E-state index contributed by atoms with van der Waals surface area (Å²) >= 11 is 0.